The summed E-state index contributed by atoms with van der Waals surface area (Å²) in [6.45, 7) is 16.1. The van der Waals surface area contributed by atoms with Crippen LogP contribution in [0, 0.1) is 0 Å². The molecule has 0 rings (SSSR count). The van der Waals surface area contributed by atoms with Gasteiger partial charge in [-0.25, -0.2) is 0 Å². The van der Waals surface area contributed by atoms with E-state index >= 15 is 0 Å². The SMILES string of the molecule is C=CCOCCCCCCO[Si](C)(C)OCCCCCCOCC=C. The third-order valence-electron chi connectivity index (χ3n) is 3.74. The van der Waals surface area contributed by atoms with Crippen LogP contribution in [-0.4, -0.2) is 48.2 Å². The van der Waals surface area contributed by atoms with E-state index in [0.29, 0.717) is 13.2 Å². The topological polar surface area (TPSA) is 36.9 Å². The van der Waals surface area contributed by atoms with Gasteiger partial charge in [0.25, 0.3) is 0 Å². The molecule has 0 aliphatic carbocycles. The molecule has 0 fully saturated rings. The largest absolute Gasteiger partial charge is 0.395 e. The van der Waals surface area contributed by atoms with Gasteiger partial charge < -0.3 is 18.3 Å². The number of unbranched alkanes of at least 4 members (excludes halogenated alkanes) is 6. The van der Waals surface area contributed by atoms with Gasteiger partial charge in [0.15, 0.2) is 0 Å². The lowest BCUT2D eigenvalue weighted by atomic mass is 10.2. The van der Waals surface area contributed by atoms with E-state index in [4.69, 9.17) is 18.3 Å². The maximum atomic E-state index is 5.99. The number of hydrogen-bond acceptors (Lipinski definition) is 4. The summed E-state index contributed by atoms with van der Waals surface area (Å²) in [5.74, 6) is 0. The molecule has 4 nitrogen and oxygen atoms in total. The molecule has 0 aromatic rings. The first-order valence-corrected chi connectivity index (χ1v) is 12.6. The van der Waals surface area contributed by atoms with Gasteiger partial charge in [0, 0.05) is 26.4 Å². The lowest BCUT2D eigenvalue weighted by molar-refractivity contribution is 0.152. The Bertz CT molecular complexity index is 280. The molecular formula is C20H40O4Si. The molecule has 0 aliphatic heterocycles. The first-order valence-electron chi connectivity index (χ1n) is 9.77. The van der Waals surface area contributed by atoms with E-state index in [1.54, 1.807) is 12.2 Å². The Hall–Kier alpha value is -0.463. The van der Waals surface area contributed by atoms with Gasteiger partial charge in [-0.3, -0.25) is 0 Å². The quantitative estimate of drug-likeness (QED) is 0.166. The summed E-state index contributed by atoms with van der Waals surface area (Å²) in [4.78, 5) is 0. The molecule has 0 unspecified atom stereocenters. The van der Waals surface area contributed by atoms with Crippen molar-refractivity contribution in [2.45, 2.75) is 64.5 Å². The second kappa shape index (κ2) is 18.3. The number of ether oxygens (including phenoxy) is 2. The fourth-order valence-electron chi connectivity index (χ4n) is 2.33. The van der Waals surface area contributed by atoms with Crippen molar-refractivity contribution in [3.8, 4) is 0 Å². The van der Waals surface area contributed by atoms with Crippen molar-refractivity contribution in [2.75, 3.05) is 39.6 Å². The number of hydrogen-bond donors (Lipinski definition) is 0. The van der Waals surface area contributed by atoms with E-state index in [2.05, 4.69) is 26.3 Å². The van der Waals surface area contributed by atoms with Crippen molar-refractivity contribution >= 4 is 8.56 Å². The van der Waals surface area contributed by atoms with Crippen LogP contribution in [0.15, 0.2) is 25.3 Å². The lowest BCUT2D eigenvalue weighted by Crippen LogP contribution is -2.35. The predicted octanol–water partition coefficient (Wildman–Crippen LogP) is 5.25. The zero-order valence-electron chi connectivity index (χ0n) is 16.6. The highest BCUT2D eigenvalue weighted by atomic mass is 28.4. The molecule has 0 N–H and O–H groups in total. The van der Waals surface area contributed by atoms with Crippen molar-refractivity contribution in [2.24, 2.45) is 0 Å². The standard InChI is InChI=1S/C20H40O4Si/c1-5-15-21-17-11-7-9-13-19-23-25(3,4)24-20-14-10-8-12-18-22-16-6-2/h5-6H,1-2,7-20H2,3-4H3. The average molecular weight is 373 g/mol. The highest BCUT2D eigenvalue weighted by Crippen LogP contribution is 2.11. The Morgan fingerprint density at radius 3 is 1.32 bits per heavy atom. The first kappa shape index (κ1) is 24.5. The Balaban J connectivity index is 3.34. The van der Waals surface area contributed by atoms with Crippen molar-refractivity contribution in [1.29, 1.82) is 0 Å². The van der Waals surface area contributed by atoms with Crippen LogP contribution >= 0.6 is 0 Å². The molecule has 0 bridgehead atoms. The number of rotatable bonds is 20. The Labute approximate surface area is 156 Å². The van der Waals surface area contributed by atoms with Gasteiger partial charge in [-0.2, -0.15) is 0 Å². The van der Waals surface area contributed by atoms with Gasteiger partial charge in [0.05, 0.1) is 13.2 Å². The van der Waals surface area contributed by atoms with Crippen molar-refractivity contribution in [1.82, 2.24) is 0 Å². The molecule has 0 spiro atoms. The summed E-state index contributed by atoms with van der Waals surface area (Å²) in [5.41, 5.74) is 0. The van der Waals surface area contributed by atoms with E-state index in [-0.39, 0.29) is 0 Å². The van der Waals surface area contributed by atoms with E-state index < -0.39 is 8.56 Å². The molecule has 0 aliphatic rings. The summed E-state index contributed by atoms with van der Waals surface area (Å²) in [6.07, 6.45) is 12.8. The molecule has 0 saturated carbocycles. The Kier molecular flexibility index (Phi) is 18.0. The second-order valence-corrected chi connectivity index (χ2v) is 10.0. The van der Waals surface area contributed by atoms with Crippen LogP contribution in [0.1, 0.15) is 51.4 Å². The summed E-state index contributed by atoms with van der Waals surface area (Å²) < 4.78 is 22.7. The minimum atomic E-state index is -1.95. The Morgan fingerprint density at radius 1 is 0.600 bits per heavy atom. The summed E-state index contributed by atoms with van der Waals surface area (Å²) >= 11 is 0. The van der Waals surface area contributed by atoms with Crippen LogP contribution in [0.2, 0.25) is 13.1 Å². The normalized spacial score (nSPS) is 11.6. The minimum Gasteiger partial charge on any atom is -0.395 e. The summed E-state index contributed by atoms with van der Waals surface area (Å²) in [5, 5.41) is 0. The smallest absolute Gasteiger partial charge is 0.331 e. The van der Waals surface area contributed by atoms with Gasteiger partial charge in [0.1, 0.15) is 0 Å². The molecule has 0 heterocycles. The minimum absolute atomic E-state index is 0.656. The first-order chi connectivity index (χ1) is 12.1. The third-order valence-corrected chi connectivity index (χ3v) is 5.54. The van der Waals surface area contributed by atoms with Crippen molar-refractivity contribution in [3.63, 3.8) is 0 Å². The van der Waals surface area contributed by atoms with Crippen LogP contribution in [-0.2, 0) is 18.3 Å². The predicted molar refractivity (Wildman–Crippen MR) is 108 cm³/mol. The molecule has 0 saturated heterocycles. The maximum absolute atomic E-state index is 5.99. The van der Waals surface area contributed by atoms with Gasteiger partial charge in [-0.05, 0) is 38.8 Å². The van der Waals surface area contributed by atoms with Crippen LogP contribution in [0.25, 0.3) is 0 Å². The molecule has 0 atom stereocenters. The second-order valence-electron chi connectivity index (χ2n) is 6.65. The van der Waals surface area contributed by atoms with Crippen LogP contribution in [0.3, 0.4) is 0 Å². The highest BCUT2D eigenvalue weighted by Gasteiger charge is 2.23. The molecule has 0 aromatic heterocycles. The van der Waals surface area contributed by atoms with Crippen molar-refractivity contribution in [3.05, 3.63) is 25.3 Å². The molecule has 0 radical (unpaired) electrons. The van der Waals surface area contributed by atoms with E-state index in [1.165, 1.54) is 25.7 Å². The monoisotopic (exact) mass is 372 g/mol. The average Bonchev–Trinajstić information content (AvgIpc) is 2.59. The van der Waals surface area contributed by atoms with Crippen LogP contribution < -0.4 is 0 Å². The zero-order valence-corrected chi connectivity index (χ0v) is 17.6. The molecule has 0 aromatic carbocycles. The zero-order chi connectivity index (χ0) is 18.6. The van der Waals surface area contributed by atoms with E-state index in [9.17, 15) is 0 Å². The van der Waals surface area contributed by atoms with Gasteiger partial charge in [-0.15, -0.1) is 13.2 Å². The highest BCUT2D eigenvalue weighted by molar-refractivity contribution is 6.64. The fourth-order valence-corrected chi connectivity index (χ4v) is 3.69. The van der Waals surface area contributed by atoms with E-state index in [1.807, 2.05) is 0 Å². The molecular weight excluding hydrogens is 332 g/mol. The lowest BCUT2D eigenvalue weighted by Gasteiger charge is -2.23. The maximum Gasteiger partial charge on any atom is 0.331 e. The van der Waals surface area contributed by atoms with Gasteiger partial charge in [-0.1, -0.05) is 37.8 Å². The molecule has 25 heavy (non-hydrogen) atoms. The summed E-state index contributed by atoms with van der Waals surface area (Å²) in [7, 11) is -1.95. The van der Waals surface area contributed by atoms with Gasteiger partial charge >= 0.3 is 8.56 Å². The fraction of sp³-hybridized carbons (Fsp3) is 0.800. The molecule has 5 heteroatoms. The van der Waals surface area contributed by atoms with Crippen LogP contribution in [0.5, 0.6) is 0 Å². The van der Waals surface area contributed by atoms with Crippen molar-refractivity contribution < 1.29 is 18.3 Å². The molecule has 0 amide bonds. The third kappa shape index (κ3) is 19.7. The molecule has 148 valence electrons. The Morgan fingerprint density at radius 2 is 0.960 bits per heavy atom. The van der Waals surface area contributed by atoms with Crippen LogP contribution in [0.4, 0.5) is 0 Å². The summed E-state index contributed by atoms with van der Waals surface area (Å²) in [6, 6.07) is 0. The van der Waals surface area contributed by atoms with E-state index in [0.717, 1.165) is 52.1 Å². The van der Waals surface area contributed by atoms with Gasteiger partial charge in [0.2, 0.25) is 0 Å².